The summed E-state index contributed by atoms with van der Waals surface area (Å²) in [7, 11) is 1.66. The molecule has 1 atom stereocenters. The molecule has 112 valence electrons. The Kier molecular flexibility index (Phi) is 5.39. The molecule has 0 spiro atoms. The molecule has 2 aromatic rings. The number of rotatable bonds is 5. The Morgan fingerprint density at radius 1 is 1.19 bits per heavy atom. The Balaban J connectivity index is 2.30. The van der Waals surface area contributed by atoms with Crippen molar-refractivity contribution in [2.24, 2.45) is 5.84 Å². The number of ether oxygens (including phenoxy) is 1. The lowest BCUT2D eigenvalue weighted by molar-refractivity contribution is 0.411. The Hall–Kier alpha value is -1.36. The zero-order valence-corrected chi connectivity index (χ0v) is 14.2. The molecule has 0 aliphatic rings. The molecule has 21 heavy (non-hydrogen) atoms. The number of methoxy groups -OCH3 is 1. The van der Waals surface area contributed by atoms with Gasteiger partial charge in [-0.2, -0.15) is 0 Å². The summed E-state index contributed by atoms with van der Waals surface area (Å²) in [4.78, 5) is 0. The first kappa shape index (κ1) is 16.0. The minimum Gasteiger partial charge on any atom is -0.496 e. The molecule has 0 heterocycles. The van der Waals surface area contributed by atoms with E-state index in [9.17, 15) is 0 Å². The van der Waals surface area contributed by atoms with Gasteiger partial charge in [-0.25, -0.2) is 0 Å². The van der Waals surface area contributed by atoms with E-state index in [1.54, 1.807) is 7.11 Å². The molecule has 0 amide bonds. The highest BCUT2D eigenvalue weighted by Gasteiger charge is 2.15. The molecular weight excluding hydrogens is 328 g/mol. The van der Waals surface area contributed by atoms with Gasteiger partial charge in [0, 0.05) is 0 Å². The standard InChI is InChI=1S/C17H21BrN2O/c1-11-5-4-6-12(2)14(11)10-16(20-19)13-7-8-17(21-3)15(18)9-13/h4-9,16,20H,10,19H2,1-3H3. The highest BCUT2D eigenvalue weighted by atomic mass is 79.9. The van der Waals surface area contributed by atoms with E-state index in [0.717, 1.165) is 22.2 Å². The molecule has 0 aromatic heterocycles. The molecule has 0 saturated heterocycles. The van der Waals surface area contributed by atoms with E-state index in [1.165, 1.54) is 16.7 Å². The fourth-order valence-corrected chi connectivity index (χ4v) is 3.11. The van der Waals surface area contributed by atoms with Gasteiger partial charge in [-0.1, -0.05) is 24.3 Å². The van der Waals surface area contributed by atoms with Gasteiger partial charge in [-0.05, 0) is 70.6 Å². The first-order valence-corrected chi connectivity index (χ1v) is 7.70. The van der Waals surface area contributed by atoms with Gasteiger partial charge in [0.05, 0.1) is 17.6 Å². The van der Waals surface area contributed by atoms with Crippen LogP contribution in [0, 0.1) is 13.8 Å². The number of aryl methyl sites for hydroxylation is 2. The van der Waals surface area contributed by atoms with E-state index >= 15 is 0 Å². The maximum absolute atomic E-state index is 5.78. The van der Waals surface area contributed by atoms with Gasteiger partial charge in [-0.3, -0.25) is 11.3 Å². The summed E-state index contributed by atoms with van der Waals surface area (Å²) >= 11 is 3.53. The van der Waals surface area contributed by atoms with Crippen molar-refractivity contribution in [2.75, 3.05) is 7.11 Å². The van der Waals surface area contributed by atoms with E-state index in [-0.39, 0.29) is 6.04 Å². The van der Waals surface area contributed by atoms with E-state index < -0.39 is 0 Å². The number of halogens is 1. The van der Waals surface area contributed by atoms with Crippen LogP contribution in [0.5, 0.6) is 5.75 Å². The highest BCUT2D eigenvalue weighted by molar-refractivity contribution is 9.10. The van der Waals surface area contributed by atoms with Crippen LogP contribution in [-0.4, -0.2) is 7.11 Å². The lowest BCUT2D eigenvalue weighted by Crippen LogP contribution is -2.30. The van der Waals surface area contributed by atoms with Gasteiger partial charge in [0.25, 0.3) is 0 Å². The Morgan fingerprint density at radius 3 is 2.38 bits per heavy atom. The van der Waals surface area contributed by atoms with Crippen molar-refractivity contribution in [1.82, 2.24) is 5.43 Å². The number of benzene rings is 2. The zero-order valence-electron chi connectivity index (χ0n) is 12.6. The third-order valence-electron chi connectivity index (χ3n) is 3.83. The summed E-state index contributed by atoms with van der Waals surface area (Å²) in [6.07, 6.45) is 0.855. The van der Waals surface area contributed by atoms with Crippen molar-refractivity contribution in [3.8, 4) is 5.75 Å². The summed E-state index contributed by atoms with van der Waals surface area (Å²) in [5.74, 6) is 6.60. The quantitative estimate of drug-likeness (QED) is 0.637. The van der Waals surface area contributed by atoms with Crippen LogP contribution in [0.2, 0.25) is 0 Å². The topological polar surface area (TPSA) is 47.3 Å². The van der Waals surface area contributed by atoms with Gasteiger partial charge in [-0.15, -0.1) is 0 Å². The number of hydrazine groups is 1. The number of nitrogens with two attached hydrogens (primary N) is 1. The molecule has 1 unspecified atom stereocenters. The molecule has 2 rings (SSSR count). The van der Waals surface area contributed by atoms with Crippen LogP contribution in [0.1, 0.15) is 28.3 Å². The van der Waals surface area contributed by atoms with Crippen LogP contribution in [0.3, 0.4) is 0 Å². The monoisotopic (exact) mass is 348 g/mol. The first-order valence-electron chi connectivity index (χ1n) is 6.91. The van der Waals surface area contributed by atoms with Crippen molar-refractivity contribution < 1.29 is 4.74 Å². The molecule has 0 saturated carbocycles. The molecule has 0 radical (unpaired) electrons. The summed E-state index contributed by atoms with van der Waals surface area (Å²) in [5, 5.41) is 0. The minimum absolute atomic E-state index is 0.0620. The normalized spacial score (nSPS) is 12.2. The zero-order chi connectivity index (χ0) is 15.4. The molecule has 3 N–H and O–H groups in total. The molecule has 0 aliphatic carbocycles. The lowest BCUT2D eigenvalue weighted by Gasteiger charge is -2.20. The van der Waals surface area contributed by atoms with E-state index in [4.69, 9.17) is 10.6 Å². The second-order valence-corrected chi connectivity index (χ2v) is 6.04. The minimum atomic E-state index is 0.0620. The fourth-order valence-electron chi connectivity index (χ4n) is 2.55. The van der Waals surface area contributed by atoms with Crippen LogP contribution in [-0.2, 0) is 6.42 Å². The maximum atomic E-state index is 5.78. The van der Waals surface area contributed by atoms with Gasteiger partial charge < -0.3 is 4.74 Å². The number of nitrogens with one attached hydrogen (secondary N) is 1. The molecule has 4 heteroatoms. The summed E-state index contributed by atoms with van der Waals surface area (Å²) in [5.41, 5.74) is 7.99. The number of hydrogen-bond donors (Lipinski definition) is 2. The fraction of sp³-hybridized carbons (Fsp3) is 0.294. The molecule has 0 aliphatic heterocycles. The van der Waals surface area contributed by atoms with Crippen LogP contribution in [0.4, 0.5) is 0 Å². The van der Waals surface area contributed by atoms with Gasteiger partial charge in [0.15, 0.2) is 0 Å². The third-order valence-corrected chi connectivity index (χ3v) is 4.45. The summed E-state index contributed by atoms with van der Waals surface area (Å²) in [6, 6.07) is 12.5. The summed E-state index contributed by atoms with van der Waals surface area (Å²) in [6.45, 7) is 4.28. The maximum Gasteiger partial charge on any atom is 0.133 e. The Morgan fingerprint density at radius 2 is 1.86 bits per heavy atom. The van der Waals surface area contributed by atoms with E-state index in [0.29, 0.717) is 0 Å². The molecule has 0 fully saturated rings. The average Bonchev–Trinajstić information content (AvgIpc) is 2.47. The average molecular weight is 349 g/mol. The van der Waals surface area contributed by atoms with Crippen molar-refractivity contribution >= 4 is 15.9 Å². The second-order valence-electron chi connectivity index (χ2n) is 5.19. The predicted molar refractivity (Wildman–Crippen MR) is 90.4 cm³/mol. The van der Waals surface area contributed by atoms with Gasteiger partial charge in [0.2, 0.25) is 0 Å². The molecule has 2 aromatic carbocycles. The Labute approximate surface area is 134 Å². The predicted octanol–water partition coefficient (Wildman–Crippen LogP) is 3.82. The Bertz CT molecular complexity index is 608. The largest absolute Gasteiger partial charge is 0.496 e. The molecule has 3 nitrogen and oxygen atoms in total. The van der Waals surface area contributed by atoms with Crippen LogP contribution >= 0.6 is 15.9 Å². The van der Waals surface area contributed by atoms with Crippen LogP contribution in [0.15, 0.2) is 40.9 Å². The SMILES string of the molecule is COc1ccc(C(Cc2c(C)cccc2C)NN)cc1Br. The van der Waals surface area contributed by atoms with E-state index in [2.05, 4.69) is 59.5 Å². The van der Waals surface area contributed by atoms with E-state index in [1.807, 2.05) is 12.1 Å². The van der Waals surface area contributed by atoms with Crippen molar-refractivity contribution in [1.29, 1.82) is 0 Å². The smallest absolute Gasteiger partial charge is 0.133 e. The van der Waals surface area contributed by atoms with Crippen molar-refractivity contribution in [2.45, 2.75) is 26.3 Å². The van der Waals surface area contributed by atoms with Gasteiger partial charge in [0.1, 0.15) is 5.75 Å². The lowest BCUT2D eigenvalue weighted by atomic mass is 9.93. The molecule has 0 bridgehead atoms. The van der Waals surface area contributed by atoms with Crippen LogP contribution < -0.4 is 16.0 Å². The number of hydrogen-bond acceptors (Lipinski definition) is 3. The van der Waals surface area contributed by atoms with Crippen molar-refractivity contribution in [3.63, 3.8) is 0 Å². The first-order chi connectivity index (χ1) is 10.1. The summed E-state index contributed by atoms with van der Waals surface area (Å²) < 4.78 is 6.21. The molecular formula is C17H21BrN2O. The van der Waals surface area contributed by atoms with Crippen LogP contribution in [0.25, 0.3) is 0 Å². The third kappa shape index (κ3) is 3.64. The highest BCUT2D eigenvalue weighted by Crippen LogP contribution is 2.30. The van der Waals surface area contributed by atoms with Gasteiger partial charge >= 0.3 is 0 Å². The second kappa shape index (κ2) is 7.07. The van der Waals surface area contributed by atoms with Crippen molar-refractivity contribution in [3.05, 3.63) is 63.1 Å².